The number of carbonyl (C=O) groups excluding carboxylic acids is 2. The van der Waals surface area contributed by atoms with Crippen LogP contribution in [0.1, 0.15) is 38.3 Å². The highest BCUT2D eigenvalue weighted by Crippen LogP contribution is 2.22. The van der Waals surface area contributed by atoms with Crippen molar-refractivity contribution in [1.29, 1.82) is 10.8 Å². The van der Waals surface area contributed by atoms with Gasteiger partial charge in [-0.1, -0.05) is 36.8 Å². The van der Waals surface area contributed by atoms with E-state index in [0.29, 0.717) is 6.61 Å². The Balaban J connectivity index is 2.79. The normalized spacial score (nSPS) is 14.1. The third-order valence-corrected chi connectivity index (χ3v) is 5.06. The van der Waals surface area contributed by atoms with Crippen LogP contribution in [0.25, 0.3) is 0 Å². The quantitative estimate of drug-likeness (QED) is 0.0802. The number of nitrogens with one attached hydrogen (secondary N) is 4. The fourth-order valence-electron chi connectivity index (χ4n) is 2.82. The van der Waals surface area contributed by atoms with Gasteiger partial charge in [0, 0.05) is 6.61 Å². The molecule has 1 aromatic carbocycles. The third-order valence-electron chi connectivity index (χ3n) is 5.06. The maximum absolute atomic E-state index is 13.1. The van der Waals surface area contributed by atoms with Gasteiger partial charge in [0.25, 0.3) is 0 Å². The number of hydrogen-bond donors (Lipinski definition) is 6. The van der Waals surface area contributed by atoms with E-state index in [-0.39, 0.29) is 44.8 Å². The second kappa shape index (κ2) is 15.6. The fraction of sp³-hybridized carbons (Fsp3) is 0.583. The maximum atomic E-state index is 13.1. The average Bonchev–Trinajstić information content (AvgIpc) is 2.83. The number of aryl methyl sites for hydroxylation is 1. The first-order valence-corrected chi connectivity index (χ1v) is 11.7. The molecule has 0 aliphatic heterocycles. The van der Waals surface area contributed by atoms with Crippen molar-refractivity contribution >= 4 is 23.9 Å². The van der Waals surface area contributed by atoms with Crippen molar-refractivity contribution in [3.63, 3.8) is 0 Å². The SMILES string of the molecule is CCCOCC(C)(COC(=O)C(C)OCc1ccc(C)cc1)C(=O)OC(CNC(=N)N)CNC(=N)N. The van der Waals surface area contributed by atoms with Crippen LogP contribution >= 0.6 is 0 Å². The van der Waals surface area contributed by atoms with Crippen LogP contribution < -0.4 is 22.1 Å². The molecule has 8 N–H and O–H groups in total. The van der Waals surface area contributed by atoms with Crippen LogP contribution in [0.3, 0.4) is 0 Å². The molecule has 0 fully saturated rings. The molecular weight excluding hydrogens is 468 g/mol. The molecule has 0 aliphatic carbocycles. The van der Waals surface area contributed by atoms with Crippen LogP contribution in [0.4, 0.5) is 0 Å². The first-order valence-electron chi connectivity index (χ1n) is 11.7. The van der Waals surface area contributed by atoms with E-state index in [1.54, 1.807) is 13.8 Å². The molecule has 1 rings (SSSR count). The first-order chi connectivity index (χ1) is 17.0. The Morgan fingerprint density at radius 3 is 2.17 bits per heavy atom. The molecule has 0 saturated carbocycles. The molecule has 0 radical (unpaired) electrons. The van der Waals surface area contributed by atoms with E-state index in [0.717, 1.165) is 17.5 Å². The van der Waals surface area contributed by atoms with Crippen LogP contribution in [-0.2, 0) is 35.1 Å². The second-order valence-corrected chi connectivity index (χ2v) is 8.78. The summed E-state index contributed by atoms with van der Waals surface area (Å²) in [4.78, 5) is 25.7. The predicted molar refractivity (Wildman–Crippen MR) is 135 cm³/mol. The van der Waals surface area contributed by atoms with Gasteiger partial charge in [0.2, 0.25) is 0 Å². The van der Waals surface area contributed by atoms with Crippen molar-refractivity contribution in [3.8, 4) is 0 Å². The standard InChI is InChI=1S/C24H40N6O6/c1-5-10-33-14-24(4,21(32)36-19(11-29-22(25)26)12-30-23(27)28)15-35-20(31)17(3)34-13-18-8-6-16(2)7-9-18/h6-9,17,19H,5,10-15H2,1-4H3,(H4,25,26,29)(H4,27,28,30). The molecule has 0 heterocycles. The lowest BCUT2D eigenvalue weighted by atomic mass is 9.93. The number of rotatable bonds is 16. The lowest BCUT2D eigenvalue weighted by Gasteiger charge is -2.30. The smallest absolute Gasteiger partial charge is 0.335 e. The van der Waals surface area contributed by atoms with E-state index >= 15 is 0 Å². The summed E-state index contributed by atoms with van der Waals surface area (Å²) in [7, 11) is 0. The zero-order valence-corrected chi connectivity index (χ0v) is 21.5. The minimum atomic E-state index is -1.31. The number of carbonyl (C=O) groups is 2. The minimum Gasteiger partial charge on any atom is -0.462 e. The van der Waals surface area contributed by atoms with E-state index in [1.807, 2.05) is 38.1 Å². The van der Waals surface area contributed by atoms with Crippen molar-refractivity contribution in [2.45, 2.75) is 52.9 Å². The van der Waals surface area contributed by atoms with Gasteiger partial charge in [-0.3, -0.25) is 15.6 Å². The Morgan fingerprint density at radius 1 is 1.06 bits per heavy atom. The summed E-state index contributed by atoms with van der Waals surface area (Å²) in [6, 6.07) is 7.76. The number of benzene rings is 1. The van der Waals surface area contributed by atoms with E-state index < -0.39 is 29.6 Å². The second-order valence-electron chi connectivity index (χ2n) is 8.78. The number of ether oxygens (including phenoxy) is 4. The van der Waals surface area contributed by atoms with E-state index in [2.05, 4.69) is 10.6 Å². The Labute approximate surface area is 212 Å². The molecule has 0 bridgehead atoms. The van der Waals surface area contributed by atoms with E-state index in [4.69, 9.17) is 41.2 Å². The van der Waals surface area contributed by atoms with Crippen molar-refractivity contribution in [2.24, 2.45) is 16.9 Å². The van der Waals surface area contributed by atoms with Gasteiger partial charge in [-0.05, 0) is 32.8 Å². The molecule has 202 valence electrons. The zero-order valence-electron chi connectivity index (χ0n) is 21.5. The van der Waals surface area contributed by atoms with Gasteiger partial charge in [-0.25, -0.2) is 4.79 Å². The fourth-order valence-corrected chi connectivity index (χ4v) is 2.82. The van der Waals surface area contributed by atoms with Gasteiger partial charge in [-0.15, -0.1) is 0 Å². The molecule has 2 atom stereocenters. The van der Waals surface area contributed by atoms with Crippen LogP contribution in [-0.4, -0.2) is 69.0 Å². The largest absolute Gasteiger partial charge is 0.462 e. The van der Waals surface area contributed by atoms with Gasteiger partial charge in [0.15, 0.2) is 18.0 Å². The number of esters is 2. The predicted octanol–water partition coefficient (Wildman–Crippen LogP) is 0.754. The molecular formula is C24H40N6O6. The van der Waals surface area contributed by atoms with Gasteiger partial charge in [0.05, 0.1) is 26.3 Å². The molecule has 0 aliphatic rings. The van der Waals surface area contributed by atoms with Gasteiger partial charge < -0.3 is 41.0 Å². The summed E-state index contributed by atoms with van der Waals surface area (Å²) < 4.78 is 22.2. The molecule has 12 heteroatoms. The molecule has 2 unspecified atom stereocenters. The summed E-state index contributed by atoms with van der Waals surface area (Å²) in [6.07, 6.45) is -0.929. The Morgan fingerprint density at radius 2 is 1.64 bits per heavy atom. The Bertz CT molecular complexity index is 847. The lowest BCUT2D eigenvalue weighted by Crippen LogP contribution is -2.48. The molecule has 0 amide bonds. The molecule has 0 spiro atoms. The summed E-state index contributed by atoms with van der Waals surface area (Å²) in [5.74, 6) is -1.91. The monoisotopic (exact) mass is 508 g/mol. The zero-order chi connectivity index (χ0) is 27.1. The average molecular weight is 509 g/mol. The molecule has 36 heavy (non-hydrogen) atoms. The van der Waals surface area contributed by atoms with Crippen molar-refractivity contribution in [2.75, 3.05) is 32.9 Å². The highest BCUT2D eigenvalue weighted by Gasteiger charge is 2.39. The Kier molecular flexibility index (Phi) is 13.3. The van der Waals surface area contributed by atoms with Gasteiger partial charge >= 0.3 is 11.9 Å². The minimum absolute atomic E-state index is 0.0108. The lowest BCUT2D eigenvalue weighted by molar-refractivity contribution is -0.175. The van der Waals surface area contributed by atoms with Crippen molar-refractivity contribution in [1.82, 2.24) is 10.6 Å². The van der Waals surface area contributed by atoms with Gasteiger partial charge in [-0.2, -0.15) is 0 Å². The molecule has 1 aromatic rings. The number of guanidine groups is 2. The topological polar surface area (TPSA) is 195 Å². The van der Waals surface area contributed by atoms with Gasteiger partial charge in [0.1, 0.15) is 18.1 Å². The van der Waals surface area contributed by atoms with Crippen molar-refractivity contribution < 1.29 is 28.5 Å². The Hall–Kier alpha value is -3.38. The summed E-state index contributed by atoms with van der Waals surface area (Å²) >= 11 is 0. The summed E-state index contributed by atoms with van der Waals surface area (Å²) in [5.41, 5.74) is 11.4. The highest BCUT2D eigenvalue weighted by atomic mass is 16.6. The summed E-state index contributed by atoms with van der Waals surface area (Å²) in [6.45, 7) is 7.41. The first kappa shape index (κ1) is 30.7. The van der Waals surface area contributed by atoms with Crippen LogP contribution in [0.15, 0.2) is 24.3 Å². The molecule has 0 saturated heterocycles. The number of nitrogens with two attached hydrogens (primary N) is 2. The number of hydrogen-bond acceptors (Lipinski definition) is 8. The van der Waals surface area contributed by atoms with Crippen molar-refractivity contribution in [3.05, 3.63) is 35.4 Å². The molecule has 12 nitrogen and oxygen atoms in total. The van der Waals surface area contributed by atoms with E-state index in [9.17, 15) is 9.59 Å². The third kappa shape index (κ3) is 11.8. The summed E-state index contributed by atoms with van der Waals surface area (Å²) in [5, 5.41) is 19.8. The van der Waals surface area contributed by atoms with Crippen LogP contribution in [0, 0.1) is 23.2 Å². The maximum Gasteiger partial charge on any atom is 0.335 e. The van der Waals surface area contributed by atoms with Crippen LogP contribution in [0.5, 0.6) is 0 Å². The van der Waals surface area contributed by atoms with E-state index in [1.165, 1.54) is 0 Å². The van der Waals surface area contributed by atoms with Crippen LogP contribution in [0.2, 0.25) is 0 Å². The highest BCUT2D eigenvalue weighted by molar-refractivity contribution is 5.79. The molecule has 0 aromatic heterocycles.